The van der Waals surface area contributed by atoms with Gasteiger partial charge in [0, 0.05) is 26.1 Å². The summed E-state index contributed by atoms with van der Waals surface area (Å²) in [6.45, 7) is 0.488. The third-order valence-electron chi connectivity index (χ3n) is 2.41. The molecule has 1 aliphatic rings. The Morgan fingerprint density at radius 2 is 1.40 bits per heavy atom. The molecule has 0 aromatic heterocycles. The van der Waals surface area contributed by atoms with Crippen molar-refractivity contribution in [3.63, 3.8) is 0 Å². The fourth-order valence-electron chi connectivity index (χ4n) is 1.59. The van der Waals surface area contributed by atoms with Crippen LogP contribution in [0.15, 0.2) is 19.6 Å². The number of hydrogen-bond acceptors (Lipinski definition) is 5. The predicted octanol–water partition coefficient (Wildman–Crippen LogP) is 2.01. The average molecular weight is 275 g/mol. The lowest BCUT2D eigenvalue weighted by molar-refractivity contribution is -0.121. The summed E-state index contributed by atoms with van der Waals surface area (Å²) in [4.78, 5) is 14.2. The zero-order valence-corrected chi connectivity index (χ0v) is 11.2. The molecule has 6 heteroatoms. The summed E-state index contributed by atoms with van der Waals surface area (Å²) < 4.78 is 0. The first-order valence-corrected chi connectivity index (χ1v) is 6.05. The van der Waals surface area contributed by atoms with Crippen molar-refractivity contribution in [1.29, 1.82) is 0 Å². The van der Waals surface area contributed by atoms with Crippen LogP contribution in [0.5, 0.6) is 0 Å². The van der Waals surface area contributed by atoms with Crippen LogP contribution >= 0.6 is 50.5 Å². The summed E-state index contributed by atoms with van der Waals surface area (Å²) in [5.41, 5.74) is 1.90. The maximum absolute atomic E-state index is 11.3. The summed E-state index contributed by atoms with van der Waals surface area (Å²) >= 11 is 17.4. The molecule has 0 saturated heterocycles. The first kappa shape index (κ1) is 11.6. The smallest absolute Gasteiger partial charge is 0.224 e. The zero-order chi connectivity index (χ0) is 11.2. The molecule has 0 radical (unpaired) electrons. The Morgan fingerprint density at radius 3 is 2.00 bits per heavy atom. The summed E-state index contributed by atoms with van der Waals surface area (Å²) in [6, 6.07) is 0. The molecule has 1 heterocycles. The SMILES string of the molecule is O=C1Cc2c(S)c(S)c(S)c(S)c2CN1. The standard InChI is InChI=1S/C9H9NOS4/c11-5-1-3-4(2-10-5)7(13)9(15)8(14)6(3)12/h12-15H,1-2H2,(H,10,11). The number of benzene rings is 1. The number of rotatable bonds is 0. The molecule has 0 unspecified atom stereocenters. The highest BCUT2D eigenvalue weighted by Crippen LogP contribution is 2.38. The molecule has 80 valence electrons. The Morgan fingerprint density at radius 1 is 0.867 bits per heavy atom. The molecule has 15 heavy (non-hydrogen) atoms. The van der Waals surface area contributed by atoms with E-state index in [9.17, 15) is 4.79 Å². The van der Waals surface area contributed by atoms with Crippen molar-refractivity contribution >= 4 is 56.4 Å². The summed E-state index contributed by atoms with van der Waals surface area (Å²) in [7, 11) is 0. The number of fused-ring (bicyclic) bond motifs is 1. The van der Waals surface area contributed by atoms with E-state index in [4.69, 9.17) is 0 Å². The molecule has 0 saturated carbocycles. The molecule has 1 aliphatic heterocycles. The number of amides is 1. The van der Waals surface area contributed by atoms with Crippen molar-refractivity contribution < 1.29 is 4.79 Å². The molecule has 1 N–H and O–H groups in total. The van der Waals surface area contributed by atoms with Gasteiger partial charge in [0.2, 0.25) is 5.91 Å². The molecular weight excluding hydrogens is 266 g/mol. The number of nitrogens with one attached hydrogen (secondary N) is 1. The second-order valence-corrected chi connectivity index (χ2v) is 5.09. The Hall–Kier alpha value is 0.0900. The van der Waals surface area contributed by atoms with E-state index in [1.165, 1.54) is 0 Å². The minimum absolute atomic E-state index is 0.00480. The van der Waals surface area contributed by atoms with Gasteiger partial charge in [0.15, 0.2) is 0 Å². The maximum Gasteiger partial charge on any atom is 0.224 e. The van der Waals surface area contributed by atoms with E-state index in [0.29, 0.717) is 22.8 Å². The fraction of sp³-hybridized carbons (Fsp3) is 0.222. The minimum atomic E-state index is 0.00480. The lowest BCUT2D eigenvalue weighted by Gasteiger charge is -2.22. The molecule has 0 fully saturated rings. The molecule has 0 aliphatic carbocycles. The van der Waals surface area contributed by atoms with E-state index in [0.717, 1.165) is 20.9 Å². The van der Waals surface area contributed by atoms with E-state index in [2.05, 4.69) is 55.8 Å². The zero-order valence-electron chi connectivity index (χ0n) is 7.61. The van der Waals surface area contributed by atoms with E-state index >= 15 is 0 Å². The highest BCUT2D eigenvalue weighted by molar-refractivity contribution is 7.86. The Balaban J connectivity index is 2.70. The van der Waals surface area contributed by atoms with Gasteiger partial charge in [-0.3, -0.25) is 4.79 Å². The van der Waals surface area contributed by atoms with E-state index in [-0.39, 0.29) is 5.91 Å². The van der Waals surface area contributed by atoms with Gasteiger partial charge in [-0.15, -0.1) is 50.5 Å². The molecule has 2 nitrogen and oxygen atoms in total. The first-order valence-electron chi connectivity index (χ1n) is 4.26. The number of carbonyl (C=O) groups is 1. The maximum atomic E-state index is 11.3. The first-order chi connectivity index (χ1) is 7.02. The highest BCUT2D eigenvalue weighted by Gasteiger charge is 2.22. The van der Waals surface area contributed by atoms with Crippen LogP contribution < -0.4 is 5.32 Å². The second kappa shape index (κ2) is 4.16. The van der Waals surface area contributed by atoms with Crippen molar-refractivity contribution in [2.75, 3.05) is 0 Å². The lowest BCUT2D eigenvalue weighted by atomic mass is 10.0. The van der Waals surface area contributed by atoms with Gasteiger partial charge in [0.05, 0.1) is 6.42 Å². The Bertz CT molecular complexity index is 458. The van der Waals surface area contributed by atoms with Gasteiger partial charge in [0.25, 0.3) is 0 Å². The Labute approximate surface area is 110 Å². The van der Waals surface area contributed by atoms with Crippen molar-refractivity contribution in [1.82, 2.24) is 5.32 Å². The summed E-state index contributed by atoms with van der Waals surface area (Å²) in [5.74, 6) is 0.00480. The van der Waals surface area contributed by atoms with Crippen molar-refractivity contribution in [3.8, 4) is 0 Å². The van der Waals surface area contributed by atoms with Gasteiger partial charge >= 0.3 is 0 Å². The van der Waals surface area contributed by atoms with Gasteiger partial charge in [-0.1, -0.05) is 0 Å². The predicted molar refractivity (Wildman–Crippen MR) is 71.0 cm³/mol. The molecule has 0 bridgehead atoms. The molecule has 1 aromatic rings. The number of thiol groups is 4. The van der Waals surface area contributed by atoms with Crippen LogP contribution in [0, 0.1) is 0 Å². The van der Waals surface area contributed by atoms with Crippen molar-refractivity contribution in [2.24, 2.45) is 0 Å². The van der Waals surface area contributed by atoms with Crippen molar-refractivity contribution in [3.05, 3.63) is 11.1 Å². The van der Waals surface area contributed by atoms with Gasteiger partial charge in [-0.05, 0) is 11.1 Å². The van der Waals surface area contributed by atoms with E-state index < -0.39 is 0 Å². The van der Waals surface area contributed by atoms with Crippen LogP contribution in [-0.2, 0) is 17.8 Å². The molecular formula is C9H9NOS4. The quantitative estimate of drug-likeness (QED) is 0.461. The van der Waals surface area contributed by atoms with Crippen LogP contribution in [0.4, 0.5) is 0 Å². The van der Waals surface area contributed by atoms with Gasteiger partial charge in [-0.2, -0.15) is 0 Å². The van der Waals surface area contributed by atoms with Crippen molar-refractivity contribution in [2.45, 2.75) is 32.5 Å². The monoisotopic (exact) mass is 275 g/mol. The average Bonchev–Trinajstić information content (AvgIpc) is 2.23. The number of hydrogen-bond donors (Lipinski definition) is 5. The van der Waals surface area contributed by atoms with Crippen LogP contribution in [0.2, 0.25) is 0 Å². The van der Waals surface area contributed by atoms with Gasteiger partial charge < -0.3 is 5.32 Å². The van der Waals surface area contributed by atoms with Gasteiger partial charge in [0.1, 0.15) is 0 Å². The number of carbonyl (C=O) groups excluding carboxylic acids is 1. The van der Waals surface area contributed by atoms with E-state index in [1.54, 1.807) is 0 Å². The van der Waals surface area contributed by atoms with E-state index in [1.807, 2.05) is 0 Å². The largest absolute Gasteiger partial charge is 0.352 e. The lowest BCUT2D eigenvalue weighted by Crippen LogP contribution is -2.31. The van der Waals surface area contributed by atoms with Crippen LogP contribution in [-0.4, -0.2) is 5.91 Å². The third kappa shape index (κ3) is 1.88. The minimum Gasteiger partial charge on any atom is -0.352 e. The summed E-state index contributed by atoms with van der Waals surface area (Å²) in [5, 5.41) is 2.77. The van der Waals surface area contributed by atoms with Crippen LogP contribution in [0.3, 0.4) is 0 Å². The molecule has 1 aromatic carbocycles. The van der Waals surface area contributed by atoms with Gasteiger partial charge in [-0.25, -0.2) is 0 Å². The molecule has 0 atom stereocenters. The fourth-order valence-corrected chi connectivity index (χ4v) is 2.91. The Kier molecular flexibility index (Phi) is 3.21. The summed E-state index contributed by atoms with van der Waals surface area (Å²) in [6.07, 6.45) is 0.337. The third-order valence-corrected chi connectivity index (χ3v) is 4.82. The normalized spacial score (nSPS) is 14.8. The highest BCUT2D eigenvalue weighted by atomic mass is 32.1. The second-order valence-electron chi connectivity index (χ2n) is 3.31. The molecule has 1 amide bonds. The molecule has 0 spiro atoms. The topological polar surface area (TPSA) is 29.1 Å². The van der Waals surface area contributed by atoms with Crippen LogP contribution in [0.1, 0.15) is 11.1 Å². The molecule has 2 rings (SSSR count). The van der Waals surface area contributed by atoms with Crippen LogP contribution in [0.25, 0.3) is 0 Å².